The Morgan fingerprint density at radius 2 is 0.846 bits per heavy atom. The standard InChI is InChI=1S/C42H38O10/c1-3-26-47-34-18-10-31(11-19-34)40(44)50-36-22-14-30(15-23-36)39(43)49-28-38(29-8-6-5-7-9-29)52-42(46)33-16-24-37(25-17-33)51-41(45)32-12-20-35(21-13-32)48-27-4-2/h5-25,38H,3-4,26-28H2,1-2H3. The lowest BCUT2D eigenvalue weighted by atomic mass is 10.1. The van der Waals surface area contributed by atoms with E-state index >= 15 is 0 Å². The Hall–Kier alpha value is -6.42. The molecule has 0 spiro atoms. The highest BCUT2D eigenvalue weighted by Crippen LogP contribution is 2.23. The van der Waals surface area contributed by atoms with Crippen LogP contribution in [0.5, 0.6) is 23.0 Å². The van der Waals surface area contributed by atoms with Crippen molar-refractivity contribution in [2.75, 3.05) is 19.8 Å². The van der Waals surface area contributed by atoms with Gasteiger partial charge in [0.1, 0.15) is 29.6 Å². The van der Waals surface area contributed by atoms with Crippen LogP contribution >= 0.6 is 0 Å². The lowest BCUT2D eigenvalue weighted by Crippen LogP contribution is -2.19. The number of hydrogen-bond acceptors (Lipinski definition) is 10. The predicted octanol–water partition coefficient (Wildman–Crippen LogP) is 8.46. The van der Waals surface area contributed by atoms with Gasteiger partial charge in [-0.25, -0.2) is 19.2 Å². The topological polar surface area (TPSA) is 124 Å². The average Bonchev–Trinajstić information content (AvgIpc) is 3.18. The fourth-order valence-corrected chi connectivity index (χ4v) is 4.76. The van der Waals surface area contributed by atoms with Crippen molar-refractivity contribution in [1.29, 1.82) is 0 Å². The summed E-state index contributed by atoms with van der Waals surface area (Å²) in [6.07, 6.45) is 0.830. The molecule has 0 aliphatic rings. The monoisotopic (exact) mass is 702 g/mol. The molecule has 52 heavy (non-hydrogen) atoms. The first-order valence-electron chi connectivity index (χ1n) is 16.9. The largest absolute Gasteiger partial charge is 0.494 e. The maximum Gasteiger partial charge on any atom is 0.343 e. The summed E-state index contributed by atoms with van der Waals surface area (Å²) in [6.45, 7) is 4.92. The van der Waals surface area contributed by atoms with Gasteiger partial charge in [-0.3, -0.25) is 0 Å². The zero-order valence-electron chi connectivity index (χ0n) is 28.8. The van der Waals surface area contributed by atoms with E-state index in [1.807, 2.05) is 19.9 Å². The van der Waals surface area contributed by atoms with Gasteiger partial charge >= 0.3 is 23.9 Å². The molecule has 0 amide bonds. The lowest BCUT2D eigenvalue weighted by Gasteiger charge is -2.18. The van der Waals surface area contributed by atoms with Gasteiger partial charge in [0.2, 0.25) is 0 Å². The molecule has 0 N–H and O–H groups in total. The number of carbonyl (C=O) groups is 4. The second-order valence-electron chi connectivity index (χ2n) is 11.5. The number of hydrogen-bond donors (Lipinski definition) is 0. The summed E-state index contributed by atoms with van der Waals surface area (Å²) in [5.41, 5.74) is 1.73. The summed E-state index contributed by atoms with van der Waals surface area (Å²) in [4.78, 5) is 51.3. The highest BCUT2D eigenvalue weighted by Gasteiger charge is 2.21. The number of rotatable bonds is 16. The van der Waals surface area contributed by atoms with Crippen LogP contribution in [0.4, 0.5) is 0 Å². The van der Waals surface area contributed by atoms with Crippen LogP contribution in [0.2, 0.25) is 0 Å². The molecule has 0 fully saturated rings. The van der Waals surface area contributed by atoms with Gasteiger partial charge in [-0.2, -0.15) is 0 Å². The fraction of sp³-hybridized carbons (Fsp3) is 0.190. The van der Waals surface area contributed by atoms with Crippen molar-refractivity contribution in [3.63, 3.8) is 0 Å². The van der Waals surface area contributed by atoms with Crippen LogP contribution in [-0.4, -0.2) is 43.7 Å². The molecule has 10 heteroatoms. The van der Waals surface area contributed by atoms with Crippen molar-refractivity contribution < 1.29 is 47.6 Å². The number of benzene rings is 5. The third-order valence-electron chi connectivity index (χ3n) is 7.51. The first kappa shape index (κ1) is 36.9. The summed E-state index contributed by atoms with van der Waals surface area (Å²) in [6, 6.07) is 34.0. The maximum atomic E-state index is 13.2. The van der Waals surface area contributed by atoms with Gasteiger partial charge < -0.3 is 28.4 Å². The van der Waals surface area contributed by atoms with Crippen LogP contribution in [0.25, 0.3) is 0 Å². The van der Waals surface area contributed by atoms with Crippen LogP contribution in [0.15, 0.2) is 127 Å². The molecule has 5 aromatic rings. The normalized spacial score (nSPS) is 11.1. The molecule has 0 saturated carbocycles. The highest BCUT2D eigenvalue weighted by atomic mass is 16.6. The predicted molar refractivity (Wildman–Crippen MR) is 192 cm³/mol. The molecule has 5 aromatic carbocycles. The van der Waals surface area contributed by atoms with Crippen LogP contribution in [0.3, 0.4) is 0 Å². The summed E-state index contributed by atoms with van der Waals surface area (Å²) in [7, 11) is 0. The maximum absolute atomic E-state index is 13.2. The molecular formula is C42H38O10. The van der Waals surface area contributed by atoms with Crippen molar-refractivity contribution >= 4 is 23.9 Å². The van der Waals surface area contributed by atoms with Gasteiger partial charge in [0, 0.05) is 0 Å². The van der Waals surface area contributed by atoms with E-state index in [1.54, 1.807) is 72.8 Å². The Morgan fingerprint density at radius 1 is 0.462 bits per heavy atom. The summed E-state index contributed by atoms with van der Waals surface area (Å²) >= 11 is 0. The van der Waals surface area contributed by atoms with Crippen LogP contribution in [0, 0.1) is 0 Å². The number of carbonyl (C=O) groups excluding carboxylic acids is 4. The van der Waals surface area contributed by atoms with E-state index in [1.165, 1.54) is 48.5 Å². The molecule has 0 radical (unpaired) electrons. The van der Waals surface area contributed by atoms with Gasteiger partial charge in [-0.15, -0.1) is 0 Å². The molecule has 0 aliphatic heterocycles. The Morgan fingerprint density at radius 3 is 1.27 bits per heavy atom. The second-order valence-corrected chi connectivity index (χ2v) is 11.5. The zero-order chi connectivity index (χ0) is 36.7. The first-order valence-corrected chi connectivity index (χ1v) is 16.9. The minimum absolute atomic E-state index is 0.204. The Bertz CT molecular complexity index is 1920. The summed E-state index contributed by atoms with van der Waals surface area (Å²) in [5, 5.41) is 0. The van der Waals surface area contributed by atoms with E-state index in [0.717, 1.165) is 12.8 Å². The van der Waals surface area contributed by atoms with Crippen molar-refractivity contribution in [3.05, 3.63) is 155 Å². The van der Waals surface area contributed by atoms with Gasteiger partial charge in [0.15, 0.2) is 6.10 Å². The second kappa shape index (κ2) is 18.5. The fourth-order valence-electron chi connectivity index (χ4n) is 4.76. The molecule has 0 aromatic heterocycles. The molecule has 5 rings (SSSR count). The third kappa shape index (κ3) is 10.5. The number of esters is 4. The van der Waals surface area contributed by atoms with E-state index in [9.17, 15) is 19.2 Å². The highest BCUT2D eigenvalue weighted by molar-refractivity contribution is 5.93. The van der Waals surface area contributed by atoms with Crippen molar-refractivity contribution in [2.45, 2.75) is 32.8 Å². The van der Waals surface area contributed by atoms with Gasteiger partial charge in [0.05, 0.1) is 35.5 Å². The summed E-state index contributed by atoms with van der Waals surface area (Å²) in [5.74, 6) is -0.624. The van der Waals surface area contributed by atoms with E-state index in [0.29, 0.717) is 41.4 Å². The number of ether oxygens (including phenoxy) is 6. The molecule has 0 saturated heterocycles. The third-order valence-corrected chi connectivity index (χ3v) is 7.51. The quantitative estimate of drug-likeness (QED) is 0.0731. The Balaban J connectivity index is 1.15. The van der Waals surface area contributed by atoms with E-state index in [4.69, 9.17) is 28.4 Å². The Labute approximate surface area is 301 Å². The van der Waals surface area contributed by atoms with E-state index in [2.05, 4.69) is 0 Å². The van der Waals surface area contributed by atoms with E-state index in [-0.39, 0.29) is 29.2 Å². The van der Waals surface area contributed by atoms with Crippen LogP contribution in [0.1, 0.15) is 79.8 Å². The van der Waals surface area contributed by atoms with Crippen molar-refractivity contribution in [2.24, 2.45) is 0 Å². The van der Waals surface area contributed by atoms with Crippen molar-refractivity contribution in [3.8, 4) is 23.0 Å². The van der Waals surface area contributed by atoms with Gasteiger partial charge in [-0.1, -0.05) is 44.2 Å². The van der Waals surface area contributed by atoms with Crippen molar-refractivity contribution in [1.82, 2.24) is 0 Å². The average molecular weight is 703 g/mol. The van der Waals surface area contributed by atoms with Crippen LogP contribution in [-0.2, 0) is 9.47 Å². The molecule has 0 heterocycles. The minimum Gasteiger partial charge on any atom is -0.494 e. The lowest BCUT2D eigenvalue weighted by molar-refractivity contribution is -0.00134. The molecule has 1 atom stereocenters. The van der Waals surface area contributed by atoms with Crippen LogP contribution < -0.4 is 18.9 Å². The molecule has 266 valence electrons. The smallest absolute Gasteiger partial charge is 0.343 e. The first-order chi connectivity index (χ1) is 25.3. The molecular weight excluding hydrogens is 664 g/mol. The molecule has 0 aliphatic carbocycles. The van der Waals surface area contributed by atoms with E-state index < -0.39 is 30.0 Å². The molecule has 10 nitrogen and oxygen atoms in total. The molecule has 1 unspecified atom stereocenters. The minimum atomic E-state index is -0.918. The molecule has 0 bridgehead atoms. The zero-order valence-corrected chi connectivity index (χ0v) is 28.8. The Kier molecular flexibility index (Phi) is 13.1. The van der Waals surface area contributed by atoms with Gasteiger partial charge in [0.25, 0.3) is 0 Å². The van der Waals surface area contributed by atoms with Gasteiger partial charge in [-0.05, 0) is 115 Å². The SMILES string of the molecule is CCCOc1ccc(C(=O)Oc2ccc(C(=O)OCC(OC(=O)c3ccc(OC(=O)c4ccc(OCCC)cc4)cc3)c3ccccc3)cc2)cc1. The summed E-state index contributed by atoms with van der Waals surface area (Å²) < 4.78 is 33.3.